The average Bonchev–Trinajstić information content (AvgIpc) is 3.14. The summed E-state index contributed by atoms with van der Waals surface area (Å²) in [5, 5.41) is 9.27. The van der Waals surface area contributed by atoms with Crippen LogP contribution in [-0.4, -0.2) is 90.0 Å². The molecule has 10 nitrogen and oxygen atoms in total. The number of ether oxygens (including phenoxy) is 9. The maximum atomic E-state index is 14.4. The van der Waals surface area contributed by atoms with E-state index in [1.54, 1.807) is 6.92 Å². The van der Waals surface area contributed by atoms with Gasteiger partial charge in [-0.25, -0.2) is 8.78 Å². The minimum atomic E-state index is -1.33. The van der Waals surface area contributed by atoms with Gasteiger partial charge in [0, 0.05) is 43.5 Å². The van der Waals surface area contributed by atoms with Crippen LogP contribution in [0.4, 0.5) is 17.6 Å². The highest BCUT2D eigenvalue weighted by Crippen LogP contribution is 2.32. The van der Waals surface area contributed by atoms with Crippen molar-refractivity contribution in [2.45, 2.75) is 70.2 Å². The van der Waals surface area contributed by atoms with Gasteiger partial charge in [-0.2, -0.15) is 8.78 Å². The van der Waals surface area contributed by atoms with Crippen LogP contribution in [0.1, 0.15) is 69.2 Å². The lowest BCUT2D eigenvalue weighted by Crippen LogP contribution is -2.34. The van der Waals surface area contributed by atoms with Crippen molar-refractivity contribution in [1.29, 1.82) is 0 Å². The highest BCUT2D eigenvalue weighted by atomic mass is 19.2. The number of aromatic hydroxyl groups is 1. The predicted octanol–water partition coefficient (Wildman–Crippen LogP) is 7.08. The summed E-state index contributed by atoms with van der Waals surface area (Å²) < 4.78 is 107. The summed E-state index contributed by atoms with van der Waals surface area (Å²) in [4.78, 5) is 0. The van der Waals surface area contributed by atoms with Crippen molar-refractivity contribution >= 4 is 0 Å². The molecule has 0 aliphatic carbocycles. The molecule has 51 heavy (non-hydrogen) atoms. The van der Waals surface area contributed by atoms with E-state index in [1.165, 1.54) is 18.2 Å². The fourth-order valence-corrected chi connectivity index (χ4v) is 5.37. The van der Waals surface area contributed by atoms with Gasteiger partial charge in [0.15, 0.2) is 35.7 Å². The summed E-state index contributed by atoms with van der Waals surface area (Å²) in [7, 11) is 0. The van der Waals surface area contributed by atoms with Crippen LogP contribution in [0.25, 0.3) is 0 Å². The molecule has 2 heterocycles. The fourth-order valence-electron chi connectivity index (χ4n) is 5.37. The fraction of sp³-hybridized carbons (Fsp3) is 0.622. The number of unbranched alkanes of at least 4 members (excludes halogenated alkanes) is 4. The first-order valence-electron chi connectivity index (χ1n) is 17.6. The van der Waals surface area contributed by atoms with Gasteiger partial charge in [0.25, 0.3) is 0 Å². The Labute approximate surface area is 296 Å². The summed E-state index contributed by atoms with van der Waals surface area (Å²) in [6.07, 6.45) is 4.49. The number of phenols is 1. The van der Waals surface area contributed by atoms with E-state index < -0.39 is 41.6 Å². The molecule has 1 unspecified atom stereocenters. The Morgan fingerprint density at radius 3 is 1.65 bits per heavy atom. The second kappa shape index (κ2) is 22.3. The molecule has 2 fully saturated rings. The molecule has 0 saturated carbocycles. The van der Waals surface area contributed by atoms with Crippen LogP contribution in [-0.2, 0) is 37.9 Å². The van der Waals surface area contributed by atoms with Crippen LogP contribution in [0.2, 0.25) is 0 Å². The van der Waals surface area contributed by atoms with Crippen LogP contribution in [0.5, 0.6) is 11.5 Å². The number of hydrogen-bond donors (Lipinski definition) is 1. The van der Waals surface area contributed by atoms with Crippen LogP contribution < -0.4 is 4.74 Å². The Kier molecular flexibility index (Phi) is 17.9. The lowest BCUT2D eigenvalue weighted by Gasteiger charge is -2.30. The van der Waals surface area contributed by atoms with Crippen LogP contribution in [0, 0.1) is 29.2 Å². The smallest absolute Gasteiger partial charge is 0.201 e. The van der Waals surface area contributed by atoms with Gasteiger partial charge >= 0.3 is 0 Å². The Bertz CT molecular complexity index is 1320. The zero-order valence-corrected chi connectivity index (χ0v) is 29.1. The quantitative estimate of drug-likeness (QED) is 0.0725. The molecule has 1 N–H and O–H groups in total. The Hall–Kier alpha value is -2.82. The van der Waals surface area contributed by atoms with Gasteiger partial charge in [-0.1, -0.05) is 6.08 Å². The second-order valence-electron chi connectivity index (χ2n) is 12.3. The third-order valence-corrected chi connectivity index (χ3v) is 8.28. The summed E-state index contributed by atoms with van der Waals surface area (Å²) in [5.41, 5.74) is -0.110. The Morgan fingerprint density at radius 1 is 0.686 bits per heavy atom. The van der Waals surface area contributed by atoms with Gasteiger partial charge in [-0.15, -0.1) is 6.58 Å². The maximum Gasteiger partial charge on any atom is 0.201 e. The van der Waals surface area contributed by atoms with Crippen LogP contribution in [0.15, 0.2) is 36.9 Å². The molecule has 2 saturated heterocycles. The molecule has 1 atom stereocenters. The lowest BCUT2D eigenvalue weighted by atomic mass is 10.1. The molecule has 0 aromatic heterocycles. The maximum absolute atomic E-state index is 14.4. The van der Waals surface area contributed by atoms with E-state index in [0.29, 0.717) is 39.6 Å². The summed E-state index contributed by atoms with van der Waals surface area (Å²) in [6.45, 7) is 9.96. The van der Waals surface area contributed by atoms with E-state index in [0.717, 1.165) is 44.6 Å². The van der Waals surface area contributed by atoms with Gasteiger partial charge in [0.1, 0.15) is 12.2 Å². The molecule has 286 valence electrons. The molecule has 2 aliphatic heterocycles. The average molecular weight is 731 g/mol. The third kappa shape index (κ3) is 13.0. The number of hydrogen-bond acceptors (Lipinski definition) is 10. The van der Waals surface area contributed by atoms with Crippen molar-refractivity contribution in [3.63, 3.8) is 0 Å². The molecule has 0 bridgehead atoms. The second-order valence-corrected chi connectivity index (χ2v) is 12.3. The van der Waals surface area contributed by atoms with Crippen molar-refractivity contribution in [3.05, 3.63) is 71.3 Å². The first kappa shape index (κ1) is 40.9. The topological polar surface area (TPSA) is 103 Å². The highest BCUT2D eigenvalue weighted by Gasteiger charge is 2.29. The van der Waals surface area contributed by atoms with Crippen LogP contribution in [0.3, 0.4) is 0 Å². The molecular weight excluding hydrogens is 680 g/mol. The number of rotatable bonds is 23. The minimum absolute atomic E-state index is 0.00713. The zero-order chi connectivity index (χ0) is 36.4. The van der Waals surface area contributed by atoms with E-state index in [1.807, 2.05) is 6.08 Å². The molecule has 2 aromatic carbocycles. The van der Waals surface area contributed by atoms with Crippen LogP contribution >= 0.6 is 0 Å². The molecule has 2 aliphatic rings. The normalized spacial score (nSPS) is 21.4. The van der Waals surface area contributed by atoms with Gasteiger partial charge in [0.05, 0.1) is 46.2 Å². The van der Waals surface area contributed by atoms with Crippen molar-refractivity contribution in [3.8, 4) is 11.5 Å². The van der Waals surface area contributed by atoms with E-state index in [4.69, 9.17) is 42.6 Å². The first-order valence-corrected chi connectivity index (χ1v) is 17.6. The SMILES string of the molecule is C=CC(COCCCCCOC1COC(c2ccc(O)c(F)c2F)OC1)COCCCCCOC1COC(c2ccc(OCC)c(F)c2F)OC1. The predicted molar refractivity (Wildman–Crippen MR) is 177 cm³/mol. The van der Waals surface area contributed by atoms with E-state index in [-0.39, 0.29) is 68.0 Å². The van der Waals surface area contributed by atoms with Gasteiger partial charge < -0.3 is 47.7 Å². The number of halogens is 4. The Balaban J connectivity index is 0.929. The largest absolute Gasteiger partial charge is 0.505 e. The Morgan fingerprint density at radius 2 is 1.16 bits per heavy atom. The standard InChI is InChI=1S/C37H50F4O10/c1-3-25(19-43-15-7-5-9-17-46-26-21-48-36(49-22-26)28-11-13-30(42)34(40)32(28)38)20-44-16-8-6-10-18-47-27-23-50-37(51-24-27)29-12-14-31(45-4-2)35(41)33(29)39/h3,11-14,25-27,36-37,42H,1,4-10,15-24H2,2H3. The molecule has 2 aromatic rings. The zero-order valence-electron chi connectivity index (χ0n) is 29.1. The van der Waals surface area contributed by atoms with Crippen molar-refractivity contribution < 1.29 is 65.3 Å². The molecule has 0 radical (unpaired) electrons. The summed E-state index contributed by atoms with van der Waals surface area (Å²) in [6, 6.07) is 5.07. The van der Waals surface area contributed by atoms with E-state index in [9.17, 15) is 22.7 Å². The molecule has 14 heteroatoms. The van der Waals surface area contributed by atoms with Crippen molar-refractivity contribution in [2.24, 2.45) is 5.92 Å². The van der Waals surface area contributed by atoms with Gasteiger partial charge in [-0.05, 0) is 69.7 Å². The van der Waals surface area contributed by atoms with Gasteiger partial charge in [0.2, 0.25) is 11.6 Å². The van der Waals surface area contributed by atoms with E-state index >= 15 is 0 Å². The summed E-state index contributed by atoms with van der Waals surface area (Å²) >= 11 is 0. The lowest BCUT2D eigenvalue weighted by molar-refractivity contribution is -0.231. The highest BCUT2D eigenvalue weighted by molar-refractivity contribution is 5.32. The minimum Gasteiger partial charge on any atom is -0.505 e. The van der Waals surface area contributed by atoms with Crippen molar-refractivity contribution in [2.75, 3.05) is 72.7 Å². The molecule has 4 rings (SSSR count). The first-order chi connectivity index (χ1) is 24.8. The van der Waals surface area contributed by atoms with Crippen molar-refractivity contribution in [1.82, 2.24) is 0 Å². The third-order valence-electron chi connectivity index (χ3n) is 8.28. The summed E-state index contributed by atoms with van der Waals surface area (Å²) in [5.74, 6) is -5.42. The monoisotopic (exact) mass is 730 g/mol. The number of benzene rings is 2. The molecule has 0 spiro atoms. The molecule has 0 amide bonds. The molecular formula is C37H50F4O10. The van der Waals surface area contributed by atoms with Gasteiger partial charge in [-0.3, -0.25) is 0 Å². The van der Waals surface area contributed by atoms with E-state index in [2.05, 4.69) is 6.58 Å². The number of phenolic OH excluding ortho intramolecular Hbond substituents is 1.